The van der Waals surface area contributed by atoms with Crippen molar-refractivity contribution in [1.82, 2.24) is 4.90 Å². The van der Waals surface area contributed by atoms with E-state index in [-0.39, 0.29) is 57.3 Å². The van der Waals surface area contributed by atoms with E-state index in [2.05, 4.69) is 0 Å². The summed E-state index contributed by atoms with van der Waals surface area (Å²) in [6.07, 6.45) is 0.295. The number of halogens is 3. The zero-order valence-corrected chi connectivity index (χ0v) is 23.3. The molecule has 40 heavy (non-hydrogen) atoms. The van der Waals surface area contributed by atoms with E-state index < -0.39 is 29.3 Å². The van der Waals surface area contributed by atoms with Crippen molar-refractivity contribution in [2.45, 2.75) is 19.4 Å². The molecular formula is C29H26Cl2FNO7. The van der Waals surface area contributed by atoms with E-state index in [9.17, 15) is 24.2 Å². The van der Waals surface area contributed by atoms with E-state index in [1.54, 1.807) is 19.1 Å². The van der Waals surface area contributed by atoms with Gasteiger partial charge in [0.15, 0.2) is 23.0 Å². The maximum absolute atomic E-state index is 13.5. The third-order valence-electron chi connectivity index (χ3n) is 6.49. The second kappa shape index (κ2) is 12.1. The fourth-order valence-corrected chi connectivity index (χ4v) is 5.31. The number of carbonyl (C=O) groups excluding carboxylic acids is 2. The third-order valence-corrected chi connectivity index (χ3v) is 7.11. The van der Waals surface area contributed by atoms with Gasteiger partial charge in [-0.05, 0) is 54.8 Å². The SMILES string of the molecule is CCOc1cc(C2/C(=C(\O)c3cc(Cl)c(OC)c(Cl)c3OC)C(=O)C(=O)N2CCc2ccc(F)cc2)ccc1O. The molecule has 0 aromatic heterocycles. The van der Waals surface area contributed by atoms with Gasteiger partial charge >= 0.3 is 0 Å². The maximum atomic E-state index is 13.5. The number of aromatic hydroxyl groups is 1. The van der Waals surface area contributed by atoms with Crippen LogP contribution in [-0.2, 0) is 16.0 Å². The van der Waals surface area contributed by atoms with Crippen molar-refractivity contribution in [3.05, 3.63) is 86.7 Å². The first kappa shape index (κ1) is 29.0. The van der Waals surface area contributed by atoms with Crippen molar-refractivity contribution >= 4 is 40.7 Å². The number of rotatable bonds is 9. The summed E-state index contributed by atoms with van der Waals surface area (Å²) in [6, 6.07) is 10.4. The summed E-state index contributed by atoms with van der Waals surface area (Å²) in [6.45, 7) is 2.05. The van der Waals surface area contributed by atoms with E-state index in [4.69, 9.17) is 37.4 Å². The van der Waals surface area contributed by atoms with Gasteiger partial charge in [-0.1, -0.05) is 41.4 Å². The molecule has 0 saturated carbocycles. The highest BCUT2D eigenvalue weighted by atomic mass is 35.5. The molecule has 1 saturated heterocycles. The minimum atomic E-state index is -1.08. The Morgan fingerprint density at radius 1 is 1.02 bits per heavy atom. The average molecular weight is 590 g/mol. The number of benzene rings is 3. The number of ketones is 1. The summed E-state index contributed by atoms with van der Waals surface area (Å²) in [5, 5.41) is 21.8. The van der Waals surface area contributed by atoms with Crippen LogP contribution in [-0.4, -0.2) is 54.2 Å². The van der Waals surface area contributed by atoms with Crippen LogP contribution in [0.25, 0.3) is 5.76 Å². The molecule has 210 valence electrons. The Bertz CT molecular complexity index is 1490. The second-order valence-electron chi connectivity index (χ2n) is 8.82. The average Bonchev–Trinajstić information content (AvgIpc) is 3.18. The maximum Gasteiger partial charge on any atom is 0.295 e. The Kier molecular flexibility index (Phi) is 8.76. The molecule has 2 N–H and O–H groups in total. The highest BCUT2D eigenvalue weighted by Crippen LogP contribution is 2.47. The van der Waals surface area contributed by atoms with E-state index in [0.717, 1.165) is 5.56 Å². The zero-order chi connectivity index (χ0) is 29.1. The minimum absolute atomic E-state index is 0.0163. The monoisotopic (exact) mass is 589 g/mol. The number of ether oxygens (including phenoxy) is 3. The van der Waals surface area contributed by atoms with Crippen molar-refractivity contribution in [3.8, 4) is 23.0 Å². The molecule has 1 aliphatic heterocycles. The molecule has 0 radical (unpaired) electrons. The first-order valence-corrected chi connectivity index (χ1v) is 13.0. The predicted octanol–water partition coefficient (Wildman–Crippen LogP) is 5.92. The predicted molar refractivity (Wildman–Crippen MR) is 148 cm³/mol. The molecule has 4 rings (SSSR count). The lowest BCUT2D eigenvalue weighted by Gasteiger charge is -2.26. The topological polar surface area (TPSA) is 106 Å². The Morgan fingerprint density at radius 2 is 1.70 bits per heavy atom. The highest BCUT2D eigenvalue weighted by molar-refractivity contribution is 6.47. The van der Waals surface area contributed by atoms with Gasteiger partial charge in [-0.2, -0.15) is 0 Å². The van der Waals surface area contributed by atoms with Crippen LogP contribution in [0.1, 0.15) is 29.7 Å². The van der Waals surface area contributed by atoms with E-state index >= 15 is 0 Å². The fourth-order valence-electron chi connectivity index (χ4n) is 4.62. The third kappa shape index (κ3) is 5.39. The molecule has 0 aliphatic carbocycles. The Balaban J connectivity index is 1.90. The fraction of sp³-hybridized carbons (Fsp3) is 0.241. The Labute approximate surface area is 240 Å². The molecule has 3 aromatic rings. The molecule has 1 unspecified atom stereocenters. The molecule has 1 aliphatic rings. The van der Waals surface area contributed by atoms with Gasteiger partial charge in [0.05, 0.1) is 43.0 Å². The van der Waals surface area contributed by atoms with Crippen LogP contribution in [0.5, 0.6) is 23.0 Å². The van der Waals surface area contributed by atoms with Crippen molar-refractivity contribution in [1.29, 1.82) is 0 Å². The molecule has 1 fully saturated rings. The van der Waals surface area contributed by atoms with E-state index in [0.29, 0.717) is 12.0 Å². The second-order valence-corrected chi connectivity index (χ2v) is 9.60. The first-order valence-electron chi connectivity index (χ1n) is 12.2. The summed E-state index contributed by atoms with van der Waals surface area (Å²) in [4.78, 5) is 28.1. The number of Topliss-reactive ketones (excluding diaryl/α,β-unsaturated/α-hetero) is 1. The number of carbonyl (C=O) groups is 2. The summed E-state index contributed by atoms with van der Waals surface area (Å²) in [5.74, 6) is -2.68. The highest BCUT2D eigenvalue weighted by Gasteiger charge is 2.46. The molecule has 1 heterocycles. The standard InChI is InChI=1S/C29H26Cl2FNO7/c1-4-40-21-13-16(7-10-20(21)34)24-22(25(35)18-14-19(30)28(39-3)23(31)27(18)38-2)26(36)29(37)33(24)12-11-15-5-8-17(32)9-6-15/h5-10,13-14,24,34-35H,4,11-12H2,1-3H3/b25-22+. The summed E-state index contributed by atoms with van der Waals surface area (Å²) in [5.41, 5.74) is 0.861. The summed E-state index contributed by atoms with van der Waals surface area (Å²) in [7, 11) is 2.68. The van der Waals surface area contributed by atoms with Gasteiger partial charge in [0.25, 0.3) is 11.7 Å². The zero-order valence-electron chi connectivity index (χ0n) is 21.8. The Morgan fingerprint density at radius 3 is 2.33 bits per heavy atom. The van der Waals surface area contributed by atoms with Crippen LogP contribution in [0.3, 0.4) is 0 Å². The van der Waals surface area contributed by atoms with Crippen molar-refractivity contribution in [3.63, 3.8) is 0 Å². The lowest BCUT2D eigenvalue weighted by atomic mass is 9.94. The summed E-state index contributed by atoms with van der Waals surface area (Å²) < 4.78 is 29.6. The van der Waals surface area contributed by atoms with E-state index in [1.807, 2.05) is 0 Å². The van der Waals surface area contributed by atoms with Crippen molar-refractivity contribution in [2.75, 3.05) is 27.4 Å². The van der Waals surface area contributed by atoms with Crippen LogP contribution in [0.15, 0.2) is 54.1 Å². The van der Waals surface area contributed by atoms with Crippen molar-refractivity contribution in [2.24, 2.45) is 0 Å². The number of amides is 1. The number of likely N-dealkylation sites (tertiary alicyclic amines) is 1. The van der Waals surface area contributed by atoms with Gasteiger partial charge in [0, 0.05) is 6.54 Å². The van der Waals surface area contributed by atoms with Gasteiger partial charge in [0.1, 0.15) is 16.6 Å². The number of phenolic OH excluding ortho intramolecular Hbond substituents is 1. The molecule has 8 nitrogen and oxygen atoms in total. The Hall–Kier alpha value is -3.95. The molecule has 1 atom stereocenters. The van der Waals surface area contributed by atoms with Crippen LogP contribution >= 0.6 is 23.2 Å². The number of methoxy groups -OCH3 is 2. The van der Waals surface area contributed by atoms with Crippen LogP contribution in [0, 0.1) is 5.82 Å². The van der Waals surface area contributed by atoms with Crippen LogP contribution < -0.4 is 14.2 Å². The minimum Gasteiger partial charge on any atom is -0.507 e. The number of hydrogen-bond donors (Lipinski definition) is 2. The van der Waals surface area contributed by atoms with Crippen LogP contribution in [0.4, 0.5) is 4.39 Å². The smallest absolute Gasteiger partial charge is 0.295 e. The van der Waals surface area contributed by atoms with Gasteiger partial charge in [-0.25, -0.2) is 4.39 Å². The van der Waals surface area contributed by atoms with Crippen LogP contribution in [0.2, 0.25) is 10.0 Å². The molecule has 0 bridgehead atoms. The largest absolute Gasteiger partial charge is 0.507 e. The number of nitrogens with zero attached hydrogens (tertiary/aromatic N) is 1. The van der Waals surface area contributed by atoms with Crippen molar-refractivity contribution < 1.29 is 38.4 Å². The molecule has 1 amide bonds. The number of aliphatic hydroxyl groups excluding tert-OH is 1. The lowest BCUT2D eigenvalue weighted by Crippen LogP contribution is -2.31. The molecule has 3 aromatic carbocycles. The van der Waals surface area contributed by atoms with Gasteiger partial charge in [-0.3, -0.25) is 9.59 Å². The number of aliphatic hydroxyl groups is 1. The molecule has 11 heteroatoms. The van der Waals surface area contributed by atoms with E-state index in [1.165, 1.54) is 55.5 Å². The molecular weight excluding hydrogens is 564 g/mol. The lowest BCUT2D eigenvalue weighted by molar-refractivity contribution is -0.139. The molecule has 0 spiro atoms. The first-order chi connectivity index (χ1) is 19.1. The number of phenols is 1. The summed E-state index contributed by atoms with van der Waals surface area (Å²) >= 11 is 12.7. The van der Waals surface area contributed by atoms with Gasteiger partial charge < -0.3 is 29.3 Å². The number of hydrogen-bond acceptors (Lipinski definition) is 7. The van der Waals surface area contributed by atoms with Gasteiger partial charge in [-0.15, -0.1) is 0 Å². The quantitative estimate of drug-likeness (QED) is 0.181. The normalized spacial score (nSPS) is 16.4. The van der Waals surface area contributed by atoms with Gasteiger partial charge in [0.2, 0.25) is 0 Å².